The number of rotatable bonds is 4. The van der Waals surface area contributed by atoms with E-state index in [0.717, 1.165) is 39.0 Å². The Hall–Kier alpha value is -2.77. The maximum atomic E-state index is 13.0. The van der Waals surface area contributed by atoms with Gasteiger partial charge in [0, 0.05) is 32.2 Å². The average molecular weight is 434 g/mol. The molecule has 3 heterocycles. The van der Waals surface area contributed by atoms with Crippen LogP contribution in [0.2, 0.25) is 0 Å². The molecule has 0 spiro atoms. The van der Waals surface area contributed by atoms with Gasteiger partial charge < -0.3 is 9.64 Å². The first kappa shape index (κ1) is 21.1. The molecule has 0 saturated carbocycles. The van der Waals surface area contributed by atoms with Crippen LogP contribution in [0.25, 0.3) is 10.8 Å². The Morgan fingerprint density at radius 2 is 1.75 bits per heavy atom. The summed E-state index contributed by atoms with van der Waals surface area (Å²) in [6.45, 7) is 8.36. The van der Waals surface area contributed by atoms with Crippen LogP contribution < -0.4 is 0 Å². The molecule has 168 valence electrons. The van der Waals surface area contributed by atoms with Crippen LogP contribution in [0, 0.1) is 0 Å². The Morgan fingerprint density at radius 3 is 2.53 bits per heavy atom. The van der Waals surface area contributed by atoms with Crippen LogP contribution in [0.5, 0.6) is 0 Å². The van der Waals surface area contributed by atoms with Crippen molar-refractivity contribution < 1.29 is 9.53 Å². The van der Waals surface area contributed by atoms with Gasteiger partial charge in [-0.2, -0.15) is 0 Å². The predicted octanol–water partition coefficient (Wildman–Crippen LogP) is 3.19. The Morgan fingerprint density at radius 1 is 1.03 bits per heavy atom. The minimum atomic E-state index is -0.0173. The zero-order valence-corrected chi connectivity index (χ0v) is 18.9. The third-order valence-electron chi connectivity index (χ3n) is 6.69. The SMILES string of the molecule is C[C@@H]1CN(C2CCN(C(=O)c3cn(Cc4cccc5ccccc45)nn3)CC2)C[C@H](C)O1. The Bertz CT molecular complexity index is 1070. The number of ether oxygens (including phenoxy) is 1. The number of likely N-dealkylation sites (tertiary alicyclic amines) is 1. The summed E-state index contributed by atoms with van der Waals surface area (Å²) in [5.41, 5.74) is 1.60. The van der Waals surface area contributed by atoms with Crippen molar-refractivity contribution in [2.75, 3.05) is 26.2 Å². The van der Waals surface area contributed by atoms with Crippen molar-refractivity contribution in [1.29, 1.82) is 0 Å². The fourth-order valence-corrected chi connectivity index (χ4v) is 5.19. The molecule has 0 unspecified atom stereocenters. The molecule has 2 atom stereocenters. The molecule has 1 aromatic heterocycles. The Balaban J connectivity index is 1.21. The lowest BCUT2D eigenvalue weighted by molar-refractivity contribution is -0.0856. The van der Waals surface area contributed by atoms with E-state index >= 15 is 0 Å². The first-order valence-corrected chi connectivity index (χ1v) is 11.6. The lowest BCUT2D eigenvalue weighted by Crippen LogP contribution is -2.53. The summed E-state index contributed by atoms with van der Waals surface area (Å²) in [7, 11) is 0. The van der Waals surface area contributed by atoms with Crippen LogP contribution in [-0.4, -0.2) is 75.1 Å². The van der Waals surface area contributed by atoms with Crippen molar-refractivity contribution in [1.82, 2.24) is 24.8 Å². The van der Waals surface area contributed by atoms with Gasteiger partial charge in [0.2, 0.25) is 0 Å². The van der Waals surface area contributed by atoms with Gasteiger partial charge >= 0.3 is 0 Å². The number of carbonyl (C=O) groups excluding carboxylic acids is 1. The molecule has 1 amide bonds. The summed E-state index contributed by atoms with van der Waals surface area (Å²) in [6.07, 6.45) is 4.32. The highest BCUT2D eigenvalue weighted by atomic mass is 16.5. The minimum Gasteiger partial charge on any atom is -0.373 e. The minimum absolute atomic E-state index is 0.0173. The van der Waals surface area contributed by atoms with Gasteiger partial charge in [-0.15, -0.1) is 5.10 Å². The van der Waals surface area contributed by atoms with E-state index < -0.39 is 0 Å². The topological polar surface area (TPSA) is 63.5 Å². The van der Waals surface area contributed by atoms with E-state index in [-0.39, 0.29) is 18.1 Å². The Kier molecular flexibility index (Phi) is 5.93. The van der Waals surface area contributed by atoms with Crippen LogP contribution >= 0.6 is 0 Å². The largest absolute Gasteiger partial charge is 0.373 e. The van der Waals surface area contributed by atoms with E-state index in [4.69, 9.17) is 4.74 Å². The van der Waals surface area contributed by atoms with E-state index in [1.54, 1.807) is 10.9 Å². The van der Waals surface area contributed by atoms with Crippen LogP contribution in [0.3, 0.4) is 0 Å². The molecular formula is C25H31N5O2. The number of carbonyl (C=O) groups is 1. The van der Waals surface area contributed by atoms with Crippen molar-refractivity contribution >= 4 is 16.7 Å². The van der Waals surface area contributed by atoms with Gasteiger partial charge in [0.05, 0.1) is 24.9 Å². The molecule has 5 rings (SSSR count). The number of benzene rings is 2. The van der Waals surface area contributed by atoms with Crippen molar-refractivity contribution in [2.45, 2.75) is 51.5 Å². The number of aromatic nitrogens is 3. The summed E-state index contributed by atoms with van der Waals surface area (Å²) in [5, 5.41) is 10.8. The summed E-state index contributed by atoms with van der Waals surface area (Å²) in [4.78, 5) is 17.5. The number of fused-ring (bicyclic) bond motifs is 1. The fraction of sp³-hybridized carbons (Fsp3) is 0.480. The van der Waals surface area contributed by atoms with E-state index in [2.05, 4.69) is 59.4 Å². The second-order valence-corrected chi connectivity index (χ2v) is 9.17. The zero-order chi connectivity index (χ0) is 22.1. The molecule has 2 aliphatic heterocycles. The maximum absolute atomic E-state index is 13.0. The second-order valence-electron chi connectivity index (χ2n) is 9.17. The number of amides is 1. The smallest absolute Gasteiger partial charge is 0.276 e. The standard InChI is InChI=1S/C25H31N5O2/c1-18-14-29(15-19(2)32-18)22-10-12-28(13-11-22)25(31)24-17-30(27-26-24)16-21-8-5-7-20-6-3-4-9-23(20)21/h3-9,17-19,22H,10-16H2,1-2H3/t18-,19+. The number of hydrogen-bond acceptors (Lipinski definition) is 5. The normalized spacial score (nSPS) is 23.0. The van der Waals surface area contributed by atoms with E-state index in [1.807, 2.05) is 17.0 Å². The van der Waals surface area contributed by atoms with Crippen molar-refractivity contribution in [3.63, 3.8) is 0 Å². The number of morpholine rings is 1. The van der Waals surface area contributed by atoms with Crippen LogP contribution in [0.1, 0.15) is 42.7 Å². The number of piperidine rings is 1. The quantitative estimate of drug-likeness (QED) is 0.632. The van der Waals surface area contributed by atoms with Crippen LogP contribution in [0.15, 0.2) is 48.7 Å². The highest BCUT2D eigenvalue weighted by molar-refractivity contribution is 5.92. The highest BCUT2D eigenvalue weighted by Crippen LogP contribution is 2.23. The molecule has 0 radical (unpaired) electrons. The molecule has 0 aliphatic carbocycles. The van der Waals surface area contributed by atoms with Gasteiger partial charge in [0.1, 0.15) is 0 Å². The molecular weight excluding hydrogens is 402 g/mol. The average Bonchev–Trinajstić information content (AvgIpc) is 3.27. The predicted molar refractivity (Wildman–Crippen MR) is 124 cm³/mol. The van der Waals surface area contributed by atoms with Crippen molar-refractivity contribution in [3.8, 4) is 0 Å². The first-order valence-electron chi connectivity index (χ1n) is 11.6. The first-order chi connectivity index (χ1) is 15.6. The van der Waals surface area contributed by atoms with Gasteiger partial charge in [-0.3, -0.25) is 9.69 Å². The van der Waals surface area contributed by atoms with Crippen molar-refractivity contribution in [2.24, 2.45) is 0 Å². The maximum Gasteiger partial charge on any atom is 0.276 e. The fourth-order valence-electron chi connectivity index (χ4n) is 5.19. The van der Waals surface area contributed by atoms with E-state index in [0.29, 0.717) is 18.3 Å². The van der Waals surface area contributed by atoms with E-state index in [9.17, 15) is 4.79 Å². The van der Waals surface area contributed by atoms with Gasteiger partial charge in [-0.1, -0.05) is 47.7 Å². The lowest BCUT2D eigenvalue weighted by Gasteiger charge is -2.43. The molecule has 2 aromatic carbocycles. The summed E-state index contributed by atoms with van der Waals surface area (Å²) < 4.78 is 7.63. The Labute approximate surface area is 188 Å². The summed E-state index contributed by atoms with van der Waals surface area (Å²) in [5.74, 6) is -0.0173. The molecule has 7 heteroatoms. The van der Waals surface area contributed by atoms with Gasteiger partial charge in [0.15, 0.2) is 5.69 Å². The van der Waals surface area contributed by atoms with Crippen LogP contribution in [-0.2, 0) is 11.3 Å². The second kappa shape index (κ2) is 9.00. The van der Waals surface area contributed by atoms with Gasteiger partial charge in [-0.25, -0.2) is 4.68 Å². The third kappa shape index (κ3) is 4.40. The molecule has 0 N–H and O–H groups in total. The molecule has 3 aromatic rings. The van der Waals surface area contributed by atoms with Crippen LogP contribution in [0.4, 0.5) is 0 Å². The monoisotopic (exact) mass is 433 g/mol. The van der Waals surface area contributed by atoms with Gasteiger partial charge in [0.25, 0.3) is 5.91 Å². The molecule has 2 aliphatic rings. The molecule has 2 saturated heterocycles. The molecule has 32 heavy (non-hydrogen) atoms. The summed E-state index contributed by atoms with van der Waals surface area (Å²) >= 11 is 0. The highest BCUT2D eigenvalue weighted by Gasteiger charge is 2.32. The third-order valence-corrected chi connectivity index (χ3v) is 6.69. The zero-order valence-electron chi connectivity index (χ0n) is 18.9. The molecule has 2 fully saturated rings. The summed E-state index contributed by atoms with van der Waals surface area (Å²) in [6, 6.07) is 15.1. The lowest BCUT2D eigenvalue weighted by atomic mass is 10.0. The van der Waals surface area contributed by atoms with Gasteiger partial charge in [-0.05, 0) is 43.0 Å². The molecule has 7 nitrogen and oxygen atoms in total. The van der Waals surface area contributed by atoms with Crippen molar-refractivity contribution in [3.05, 3.63) is 59.9 Å². The molecule has 0 bridgehead atoms. The van der Waals surface area contributed by atoms with E-state index in [1.165, 1.54) is 16.3 Å². The number of nitrogens with zero attached hydrogens (tertiary/aromatic N) is 5. The number of hydrogen-bond donors (Lipinski definition) is 0.